The third-order valence-electron chi connectivity index (χ3n) is 5.51. The van der Waals surface area contributed by atoms with Gasteiger partial charge < -0.3 is 16.4 Å². The summed E-state index contributed by atoms with van der Waals surface area (Å²) in [7, 11) is 0. The van der Waals surface area contributed by atoms with Crippen LogP contribution in [0.5, 0.6) is 0 Å². The third-order valence-corrected chi connectivity index (χ3v) is 7.98. The van der Waals surface area contributed by atoms with E-state index in [-0.39, 0.29) is 42.7 Å². The number of carbonyl (C=O) groups is 2. The molecule has 3 aromatic carbocycles. The molecule has 0 unspecified atom stereocenters. The minimum atomic E-state index is -1.45. The molecule has 4 N–H and O–H groups in total. The Bertz CT molecular complexity index is 1400. The summed E-state index contributed by atoms with van der Waals surface area (Å²) in [6, 6.07) is 8.62. The van der Waals surface area contributed by atoms with E-state index in [9.17, 15) is 18.4 Å². The van der Waals surface area contributed by atoms with E-state index < -0.39 is 39.6 Å². The molecule has 0 radical (unpaired) electrons. The lowest BCUT2D eigenvalue weighted by Gasteiger charge is -2.11. The van der Waals surface area contributed by atoms with Gasteiger partial charge in [-0.15, -0.1) is 23.2 Å². The molecular formula is C23H13Cl6F2N3O2. The van der Waals surface area contributed by atoms with Gasteiger partial charge in [0.1, 0.15) is 16.0 Å². The number of hydrogen-bond acceptors (Lipinski definition) is 3. The predicted molar refractivity (Wildman–Crippen MR) is 141 cm³/mol. The van der Waals surface area contributed by atoms with E-state index in [0.717, 1.165) is 6.07 Å². The van der Waals surface area contributed by atoms with Crippen LogP contribution in [0.3, 0.4) is 0 Å². The predicted octanol–water partition coefficient (Wildman–Crippen LogP) is 7.94. The second-order valence-electron chi connectivity index (χ2n) is 7.92. The summed E-state index contributed by atoms with van der Waals surface area (Å²) in [6.45, 7) is 0. The minimum absolute atomic E-state index is 0.0137. The van der Waals surface area contributed by atoms with Crippen molar-refractivity contribution in [1.29, 1.82) is 0 Å². The Morgan fingerprint density at radius 2 is 1.50 bits per heavy atom. The zero-order valence-electron chi connectivity index (χ0n) is 17.6. The van der Waals surface area contributed by atoms with Gasteiger partial charge in [0, 0.05) is 17.7 Å². The molecule has 188 valence electrons. The van der Waals surface area contributed by atoms with E-state index in [1.54, 1.807) is 0 Å². The molecule has 13 heteroatoms. The van der Waals surface area contributed by atoms with Crippen molar-refractivity contribution >= 4 is 98.5 Å². The number of halogens is 8. The van der Waals surface area contributed by atoms with Gasteiger partial charge in [0.05, 0.1) is 42.9 Å². The summed E-state index contributed by atoms with van der Waals surface area (Å²) in [5.41, 5.74) is 5.35. The van der Waals surface area contributed by atoms with Crippen LogP contribution in [0.1, 0.15) is 21.8 Å². The smallest absolute Gasteiger partial charge is 0.257 e. The van der Waals surface area contributed by atoms with Gasteiger partial charge in [0.2, 0.25) is 5.91 Å². The number of rotatable bonds is 5. The zero-order valence-corrected chi connectivity index (χ0v) is 22.1. The lowest BCUT2D eigenvalue weighted by Crippen LogP contribution is -2.18. The molecular weight excluding hydrogens is 601 g/mol. The highest BCUT2D eigenvalue weighted by Crippen LogP contribution is 2.65. The van der Waals surface area contributed by atoms with Crippen molar-refractivity contribution in [2.24, 2.45) is 5.92 Å². The van der Waals surface area contributed by atoms with Gasteiger partial charge in [-0.05, 0) is 42.0 Å². The molecule has 1 saturated carbocycles. The Hall–Kier alpha value is -2.00. The first-order valence-electron chi connectivity index (χ1n) is 9.99. The number of anilines is 3. The molecule has 1 aliphatic rings. The maximum Gasteiger partial charge on any atom is 0.257 e. The number of nitrogens with two attached hydrogens (primary N) is 1. The van der Waals surface area contributed by atoms with Crippen LogP contribution in [-0.4, -0.2) is 16.1 Å². The normalized spacial score (nSPS) is 18.0. The Balaban J connectivity index is 1.53. The summed E-state index contributed by atoms with van der Waals surface area (Å²) in [5, 5.41) is 5.44. The highest BCUT2D eigenvalue weighted by atomic mass is 35.5. The summed E-state index contributed by atoms with van der Waals surface area (Å²) >= 11 is 37.0. The van der Waals surface area contributed by atoms with Crippen LogP contribution in [-0.2, 0) is 4.79 Å². The molecule has 2 atom stereocenters. The molecule has 0 saturated heterocycles. The molecule has 4 rings (SSSR count). The monoisotopic (exact) mass is 611 g/mol. The maximum absolute atomic E-state index is 14.0. The van der Waals surface area contributed by atoms with Crippen molar-refractivity contribution in [3.63, 3.8) is 0 Å². The van der Waals surface area contributed by atoms with E-state index >= 15 is 0 Å². The molecule has 0 heterocycles. The highest BCUT2D eigenvalue weighted by Gasteiger charge is 2.67. The standard InChI is InChI=1S/C23H13Cl6F2N3O2/c24-11-2-1-9(5-10(11)21(35)34-17-7-16(32)14(30)6-15(17)31)33-22(36)19-18(23(19,28)29)8-3-12(25)20(27)13(26)4-8/h1-7,18-19H,32H2,(H,33,36)(H,34,35)/t18-,19+/m0/s1. The fourth-order valence-electron chi connectivity index (χ4n) is 3.67. The molecule has 0 spiro atoms. The van der Waals surface area contributed by atoms with Gasteiger partial charge in [-0.3, -0.25) is 9.59 Å². The quantitative estimate of drug-likeness (QED) is 0.155. The average Bonchev–Trinajstić information content (AvgIpc) is 3.38. The van der Waals surface area contributed by atoms with Crippen LogP contribution in [0, 0.1) is 17.6 Å². The van der Waals surface area contributed by atoms with E-state index in [4.69, 9.17) is 75.3 Å². The molecule has 3 aromatic rings. The number of amides is 2. The van der Waals surface area contributed by atoms with Crippen LogP contribution in [0.15, 0.2) is 42.5 Å². The van der Waals surface area contributed by atoms with Crippen LogP contribution < -0.4 is 16.4 Å². The van der Waals surface area contributed by atoms with Gasteiger partial charge >= 0.3 is 0 Å². The van der Waals surface area contributed by atoms with E-state index in [2.05, 4.69) is 10.6 Å². The van der Waals surface area contributed by atoms with E-state index in [0.29, 0.717) is 11.6 Å². The molecule has 0 aromatic heterocycles. The van der Waals surface area contributed by atoms with Gasteiger partial charge in [0.15, 0.2) is 0 Å². The topological polar surface area (TPSA) is 84.2 Å². The Kier molecular flexibility index (Phi) is 7.55. The number of hydrogen-bond donors (Lipinski definition) is 3. The number of nitrogen functional groups attached to an aromatic ring is 1. The SMILES string of the molecule is Nc1cc(NC(=O)c2cc(NC(=O)[C@H]3[C@H](c4cc(Cl)c(Cl)c(Cl)c4)C3(Cl)Cl)ccc2Cl)c(F)cc1F. The van der Waals surface area contributed by atoms with Crippen molar-refractivity contribution in [3.8, 4) is 0 Å². The average molecular weight is 614 g/mol. The first kappa shape index (κ1) is 27.0. The molecule has 0 bridgehead atoms. The summed E-state index contributed by atoms with van der Waals surface area (Å²) in [4.78, 5) is 25.7. The fraction of sp³-hybridized carbons (Fsp3) is 0.130. The number of benzene rings is 3. The summed E-state index contributed by atoms with van der Waals surface area (Å²) in [5.74, 6) is -4.87. The Morgan fingerprint density at radius 1 is 0.861 bits per heavy atom. The molecule has 36 heavy (non-hydrogen) atoms. The minimum Gasteiger partial charge on any atom is -0.396 e. The van der Waals surface area contributed by atoms with Crippen LogP contribution in [0.4, 0.5) is 25.8 Å². The number of carbonyl (C=O) groups excluding carboxylic acids is 2. The third kappa shape index (κ3) is 5.19. The van der Waals surface area contributed by atoms with Crippen molar-refractivity contribution < 1.29 is 18.4 Å². The Morgan fingerprint density at radius 3 is 2.14 bits per heavy atom. The highest BCUT2D eigenvalue weighted by molar-refractivity contribution is 6.54. The fourth-order valence-corrected chi connectivity index (χ4v) is 5.32. The lowest BCUT2D eigenvalue weighted by atomic mass is 10.1. The largest absolute Gasteiger partial charge is 0.396 e. The van der Waals surface area contributed by atoms with Crippen molar-refractivity contribution in [2.75, 3.05) is 16.4 Å². The zero-order chi connectivity index (χ0) is 26.5. The van der Waals surface area contributed by atoms with Gasteiger partial charge in [0.25, 0.3) is 5.91 Å². The summed E-state index contributed by atoms with van der Waals surface area (Å²) in [6.07, 6.45) is 0. The molecule has 2 amide bonds. The lowest BCUT2D eigenvalue weighted by molar-refractivity contribution is -0.117. The maximum atomic E-state index is 14.0. The second-order valence-corrected chi connectivity index (χ2v) is 11.0. The molecule has 1 aliphatic carbocycles. The molecule has 1 fully saturated rings. The van der Waals surface area contributed by atoms with E-state index in [1.165, 1.54) is 30.3 Å². The van der Waals surface area contributed by atoms with Gasteiger partial charge in [-0.1, -0.05) is 46.4 Å². The first-order chi connectivity index (χ1) is 16.8. The molecule has 0 aliphatic heterocycles. The van der Waals surface area contributed by atoms with Crippen LogP contribution >= 0.6 is 69.6 Å². The van der Waals surface area contributed by atoms with Crippen molar-refractivity contribution in [1.82, 2.24) is 0 Å². The second kappa shape index (κ2) is 10.0. The van der Waals surface area contributed by atoms with Gasteiger partial charge in [-0.2, -0.15) is 0 Å². The first-order valence-corrected chi connectivity index (χ1v) is 12.3. The van der Waals surface area contributed by atoms with Crippen LogP contribution in [0.25, 0.3) is 0 Å². The summed E-state index contributed by atoms with van der Waals surface area (Å²) < 4.78 is 26.0. The number of nitrogens with one attached hydrogen (secondary N) is 2. The van der Waals surface area contributed by atoms with Gasteiger partial charge in [-0.25, -0.2) is 8.78 Å². The number of alkyl halides is 2. The van der Waals surface area contributed by atoms with Crippen molar-refractivity contribution in [3.05, 3.63) is 85.3 Å². The molecule has 5 nitrogen and oxygen atoms in total. The van der Waals surface area contributed by atoms with Crippen LogP contribution in [0.2, 0.25) is 20.1 Å². The Labute approximate surface area is 233 Å². The van der Waals surface area contributed by atoms with E-state index in [1.807, 2.05) is 0 Å². The van der Waals surface area contributed by atoms with Crippen molar-refractivity contribution in [2.45, 2.75) is 10.3 Å².